The van der Waals surface area contributed by atoms with Crippen LogP contribution in [0.25, 0.3) is 0 Å². The van der Waals surface area contributed by atoms with Crippen LogP contribution in [-0.2, 0) is 9.59 Å². The minimum Gasteiger partial charge on any atom is -0.495 e. The van der Waals surface area contributed by atoms with Crippen LogP contribution >= 0.6 is 0 Å². The molecular weight excluding hydrogens is 432 g/mol. The van der Waals surface area contributed by atoms with Gasteiger partial charge in [0, 0.05) is 30.0 Å². The predicted octanol–water partition coefficient (Wildman–Crippen LogP) is 4.64. The molecule has 1 fully saturated rings. The molecule has 1 aliphatic heterocycles. The van der Waals surface area contributed by atoms with Crippen molar-refractivity contribution in [3.05, 3.63) is 78.4 Å². The first kappa shape index (κ1) is 22.8. The monoisotopic (exact) mass is 458 g/mol. The summed E-state index contributed by atoms with van der Waals surface area (Å²) in [5, 5.41) is 8.35. The summed E-state index contributed by atoms with van der Waals surface area (Å²) in [6.45, 7) is 2.22. The van der Waals surface area contributed by atoms with E-state index in [0.717, 1.165) is 5.56 Å². The molecule has 174 valence electrons. The summed E-state index contributed by atoms with van der Waals surface area (Å²) in [4.78, 5) is 39.2. The minimum absolute atomic E-state index is 0.118. The average Bonchev–Trinajstić information content (AvgIpc) is 3.22. The van der Waals surface area contributed by atoms with Crippen LogP contribution in [0.5, 0.6) is 5.75 Å². The second-order valence-corrected chi connectivity index (χ2v) is 8.09. The van der Waals surface area contributed by atoms with Gasteiger partial charge in [0.1, 0.15) is 5.75 Å². The van der Waals surface area contributed by atoms with Crippen molar-refractivity contribution in [1.29, 1.82) is 0 Å². The number of ether oxygens (including phenoxy) is 1. The lowest BCUT2D eigenvalue weighted by atomic mass is 10.1. The highest BCUT2D eigenvalue weighted by atomic mass is 16.5. The van der Waals surface area contributed by atoms with Crippen LogP contribution in [0, 0.1) is 12.8 Å². The summed E-state index contributed by atoms with van der Waals surface area (Å²) in [6, 6.07) is 21.2. The second kappa shape index (κ2) is 10.1. The first-order valence-corrected chi connectivity index (χ1v) is 10.9. The zero-order chi connectivity index (χ0) is 24.1. The number of hydrogen-bond acceptors (Lipinski definition) is 4. The lowest BCUT2D eigenvalue weighted by Gasteiger charge is -2.20. The fraction of sp³-hybridized carbons (Fsp3) is 0.192. The van der Waals surface area contributed by atoms with Crippen molar-refractivity contribution in [2.45, 2.75) is 13.3 Å². The molecule has 8 nitrogen and oxygen atoms in total. The standard InChI is InChI=1S/C26H26N4O4/c1-17-8-13-23(34-2)22(14-17)30-16-18(15-24(30)31)25(32)27-20-9-11-21(12-10-20)29-26(33)28-19-6-4-3-5-7-19/h3-14,18H,15-16H2,1-2H3,(H,27,32)(H2,28,29,33). The number of urea groups is 1. The van der Waals surface area contributed by atoms with Crippen LogP contribution in [0.1, 0.15) is 12.0 Å². The number of carbonyl (C=O) groups is 3. The fourth-order valence-electron chi connectivity index (χ4n) is 3.82. The van der Waals surface area contributed by atoms with E-state index in [2.05, 4.69) is 16.0 Å². The van der Waals surface area contributed by atoms with E-state index in [4.69, 9.17) is 4.74 Å². The Morgan fingerprint density at radius 3 is 2.15 bits per heavy atom. The molecule has 0 aromatic heterocycles. The number of rotatable bonds is 6. The molecule has 0 spiro atoms. The number of para-hydroxylation sites is 1. The molecule has 0 bridgehead atoms. The lowest BCUT2D eigenvalue weighted by molar-refractivity contribution is -0.122. The largest absolute Gasteiger partial charge is 0.495 e. The quantitative estimate of drug-likeness (QED) is 0.501. The summed E-state index contributed by atoms with van der Waals surface area (Å²) >= 11 is 0. The number of carbonyl (C=O) groups excluding carboxylic acids is 3. The third-order valence-corrected chi connectivity index (χ3v) is 5.56. The van der Waals surface area contributed by atoms with Crippen LogP contribution < -0.4 is 25.6 Å². The Hall–Kier alpha value is -4.33. The maximum absolute atomic E-state index is 12.8. The highest BCUT2D eigenvalue weighted by Crippen LogP contribution is 2.34. The molecule has 1 saturated heterocycles. The normalized spacial score (nSPS) is 15.1. The number of aryl methyl sites for hydroxylation is 1. The Morgan fingerprint density at radius 1 is 0.882 bits per heavy atom. The smallest absolute Gasteiger partial charge is 0.323 e. The van der Waals surface area contributed by atoms with Gasteiger partial charge >= 0.3 is 6.03 Å². The molecule has 4 rings (SSSR count). The van der Waals surface area contributed by atoms with Crippen molar-refractivity contribution in [2.24, 2.45) is 5.92 Å². The van der Waals surface area contributed by atoms with Gasteiger partial charge in [-0.1, -0.05) is 24.3 Å². The van der Waals surface area contributed by atoms with Gasteiger partial charge in [0.25, 0.3) is 0 Å². The van der Waals surface area contributed by atoms with Crippen LogP contribution in [0.3, 0.4) is 0 Å². The van der Waals surface area contributed by atoms with E-state index in [1.54, 1.807) is 48.4 Å². The van der Waals surface area contributed by atoms with Gasteiger partial charge in [-0.3, -0.25) is 9.59 Å². The molecule has 1 atom stereocenters. The number of methoxy groups -OCH3 is 1. The lowest BCUT2D eigenvalue weighted by Crippen LogP contribution is -2.28. The molecule has 1 heterocycles. The Morgan fingerprint density at radius 2 is 1.50 bits per heavy atom. The number of nitrogens with one attached hydrogen (secondary N) is 3. The van der Waals surface area contributed by atoms with Gasteiger partial charge in [0.15, 0.2) is 0 Å². The van der Waals surface area contributed by atoms with Crippen molar-refractivity contribution >= 4 is 40.6 Å². The molecule has 0 aliphatic carbocycles. The molecule has 34 heavy (non-hydrogen) atoms. The van der Waals surface area contributed by atoms with E-state index in [-0.39, 0.29) is 30.8 Å². The maximum atomic E-state index is 12.8. The van der Waals surface area contributed by atoms with Gasteiger partial charge in [-0.05, 0) is 61.0 Å². The summed E-state index contributed by atoms with van der Waals surface area (Å²) in [7, 11) is 1.56. The third kappa shape index (κ3) is 5.35. The van der Waals surface area contributed by atoms with Crippen LogP contribution in [0.4, 0.5) is 27.5 Å². The van der Waals surface area contributed by atoms with Gasteiger partial charge in [0.05, 0.1) is 18.7 Å². The Bertz CT molecular complexity index is 1200. The van der Waals surface area contributed by atoms with Crippen molar-refractivity contribution in [2.75, 3.05) is 34.5 Å². The van der Waals surface area contributed by atoms with Crippen molar-refractivity contribution in [3.63, 3.8) is 0 Å². The van der Waals surface area contributed by atoms with Gasteiger partial charge < -0.3 is 25.6 Å². The van der Waals surface area contributed by atoms with E-state index in [1.165, 1.54) is 0 Å². The van der Waals surface area contributed by atoms with E-state index in [1.807, 2.05) is 43.3 Å². The number of amides is 4. The highest BCUT2D eigenvalue weighted by Gasteiger charge is 2.36. The molecule has 8 heteroatoms. The van der Waals surface area contributed by atoms with Crippen LogP contribution in [0.15, 0.2) is 72.8 Å². The highest BCUT2D eigenvalue weighted by molar-refractivity contribution is 6.04. The van der Waals surface area contributed by atoms with Crippen molar-refractivity contribution in [3.8, 4) is 5.75 Å². The van der Waals surface area contributed by atoms with Gasteiger partial charge in [-0.25, -0.2) is 4.79 Å². The number of anilines is 4. The number of hydrogen-bond donors (Lipinski definition) is 3. The molecule has 1 aliphatic rings. The molecule has 3 aromatic carbocycles. The topological polar surface area (TPSA) is 99.8 Å². The third-order valence-electron chi connectivity index (χ3n) is 5.56. The molecular formula is C26H26N4O4. The SMILES string of the molecule is COc1ccc(C)cc1N1CC(C(=O)Nc2ccc(NC(=O)Nc3ccccc3)cc2)CC1=O. The Labute approximate surface area is 197 Å². The fourth-order valence-corrected chi connectivity index (χ4v) is 3.82. The average molecular weight is 459 g/mol. The van der Waals surface area contributed by atoms with Gasteiger partial charge in [-0.15, -0.1) is 0 Å². The number of benzene rings is 3. The summed E-state index contributed by atoms with van der Waals surface area (Å²) < 4.78 is 5.40. The second-order valence-electron chi connectivity index (χ2n) is 8.09. The Kier molecular flexibility index (Phi) is 6.77. The van der Waals surface area contributed by atoms with Gasteiger partial charge in [0.2, 0.25) is 11.8 Å². The summed E-state index contributed by atoms with van der Waals surface area (Å²) in [6.07, 6.45) is 0.127. The first-order chi connectivity index (χ1) is 16.4. The van der Waals surface area contributed by atoms with E-state index >= 15 is 0 Å². The molecule has 3 N–H and O–H groups in total. The summed E-state index contributed by atoms with van der Waals surface area (Å²) in [5.41, 5.74) is 3.53. The van der Waals surface area contributed by atoms with Gasteiger partial charge in [-0.2, -0.15) is 0 Å². The van der Waals surface area contributed by atoms with E-state index in [0.29, 0.717) is 28.5 Å². The minimum atomic E-state index is -0.479. The van der Waals surface area contributed by atoms with Crippen molar-refractivity contribution in [1.82, 2.24) is 0 Å². The molecule has 1 unspecified atom stereocenters. The van der Waals surface area contributed by atoms with E-state index in [9.17, 15) is 14.4 Å². The number of nitrogens with zero attached hydrogens (tertiary/aromatic N) is 1. The van der Waals surface area contributed by atoms with Crippen LogP contribution in [-0.4, -0.2) is 31.5 Å². The molecule has 4 amide bonds. The summed E-state index contributed by atoms with van der Waals surface area (Å²) in [5.74, 6) is -0.232. The molecule has 0 saturated carbocycles. The van der Waals surface area contributed by atoms with Crippen molar-refractivity contribution < 1.29 is 19.1 Å². The van der Waals surface area contributed by atoms with E-state index < -0.39 is 5.92 Å². The zero-order valence-electron chi connectivity index (χ0n) is 19.0. The zero-order valence-corrected chi connectivity index (χ0v) is 19.0. The maximum Gasteiger partial charge on any atom is 0.323 e. The molecule has 0 radical (unpaired) electrons. The predicted molar refractivity (Wildman–Crippen MR) is 132 cm³/mol. The Balaban J connectivity index is 1.34. The molecule has 3 aromatic rings. The van der Waals surface area contributed by atoms with Crippen LogP contribution in [0.2, 0.25) is 0 Å². The first-order valence-electron chi connectivity index (χ1n) is 10.9.